The van der Waals surface area contributed by atoms with Crippen molar-refractivity contribution in [1.82, 2.24) is 0 Å². The van der Waals surface area contributed by atoms with Crippen LogP contribution in [0.2, 0.25) is 0 Å². The number of hydrogen-bond acceptors (Lipinski definition) is 0. The van der Waals surface area contributed by atoms with Crippen molar-refractivity contribution in [3.05, 3.63) is 48.0 Å². The number of halogens is 4. The normalized spacial score (nSPS) is 12.3. The van der Waals surface area contributed by atoms with Crippen molar-refractivity contribution < 1.29 is 17.6 Å². The Morgan fingerprint density at radius 2 is 1.50 bits per heavy atom. The molecule has 0 aliphatic carbocycles. The van der Waals surface area contributed by atoms with Gasteiger partial charge in [0.2, 0.25) is 0 Å². The predicted molar refractivity (Wildman–Crippen MR) is 53.8 cm³/mol. The Balaban J connectivity index is 2.70. The van der Waals surface area contributed by atoms with Crippen LogP contribution in [-0.2, 0) is 5.92 Å². The molecule has 0 bridgehead atoms. The number of hydrogen-bond donors (Lipinski definition) is 0. The first kappa shape index (κ1) is 10.9. The molecule has 0 radical (unpaired) electrons. The Labute approximate surface area is 89.5 Å². The number of fused-ring (bicyclic) bond motifs is 1. The Morgan fingerprint density at radius 3 is 2.19 bits per heavy atom. The van der Waals surface area contributed by atoms with Gasteiger partial charge in [-0.05, 0) is 10.8 Å². The lowest BCUT2D eigenvalue weighted by Gasteiger charge is -2.17. The fourth-order valence-electron chi connectivity index (χ4n) is 1.63. The van der Waals surface area contributed by atoms with Gasteiger partial charge in [-0.15, -0.1) is 0 Å². The second-order valence-electron chi connectivity index (χ2n) is 3.45. The van der Waals surface area contributed by atoms with Crippen LogP contribution in [0.25, 0.3) is 10.8 Å². The molecule has 0 atom stereocenters. The molecule has 0 aromatic heterocycles. The zero-order valence-electron chi connectivity index (χ0n) is 8.13. The van der Waals surface area contributed by atoms with Crippen LogP contribution in [0.4, 0.5) is 17.6 Å². The van der Waals surface area contributed by atoms with Crippen LogP contribution in [0.15, 0.2) is 42.5 Å². The van der Waals surface area contributed by atoms with E-state index in [0.717, 1.165) is 6.07 Å². The van der Waals surface area contributed by atoms with E-state index in [1.165, 1.54) is 12.1 Å². The minimum Gasteiger partial charge on any atom is -0.203 e. The van der Waals surface area contributed by atoms with Crippen molar-refractivity contribution in [3.8, 4) is 0 Å². The summed E-state index contributed by atoms with van der Waals surface area (Å²) < 4.78 is 51.1. The van der Waals surface area contributed by atoms with Crippen LogP contribution < -0.4 is 0 Å². The van der Waals surface area contributed by atoms with E-state index in [1.807, 2.05) is 0 Å². The molecule has 2 rings (SSSR count). The van der Waals surface area contributed by atoms with E-state index in [2.05, 4.69) is 0 Å². The van der Waals surface area contributed by atoms with Crippen LogP contribution in [0.3, 0.4) is 0 Å². The molecule has 16 heavy (non-hydrogen) atoms. The van der Waals surface area contributed by atoms with Crippen LogP contribution >= 0.6 is 0 Å². The van der Waals surface area contributed by atoms with Gasteiger partial charge in [0.1, 0.15) is 0 Å². The highest BCUT2D eigenvalue weighted by Crippen LogP contribution is 2.38. The molecular weight excluding hydrogens is 220 g/mol. The van der Waals surface area contributed by atoms with E-state index in [1.54, 1.807) is 24.3 Å². The summed E-state index contributed by atoms with van der Waals surface area (Å²) >= 11 is 0. The lowest BCUT2D eigenvalue weighted by Crippen LogP contribution is -2.23. The van der Waals surface area contributed by atoms with Gasteiger partial charge in [0, 0.05) is 5.56 Å². The summed E-state index contributed by atoms with van der Waals surface area (Å²) in [6.07, 6.45) is -3.70. The Kier molecular flexibility index (Phi) is 2.58. The molecule has 0 spiro atoms. The fourth-order valence-corrected chi connectivity index (χ4v) is 1.63. The van der Waals surface area contributed by atoms with Gasteiger partial charge < -0.3 is 0 Å². The Morgan fingerprint density at radius 1 is 0.875 bits per heavy atom. The minimum absolute atomic E-state index is 0.162. The molecule has 84 valence electrons. The molecule has 0 unspecified atom stereocenters. The van der Waals surface area contributed by atoms with Crippen molar-refractivity contribution in [2.45, 2.75) is 12.3 Å². The van der Waals surface area contributed by atoms with Crippen molar-refractivity contribution in [1.29, 1.82) is 0 Å². The van der Waals surface area contributed by atoms with Crippen LogP contribution in [0, 0.1) is 0 Å². The Bertz CT molecular complexity index is 500. The third-order valence-electron chi connectivity index (χ3n) is 2.42. The molecule has 0 aliphatic rings. The summed E-state index contributed by atoms with van der Waals surface area (Å²) in [5.74, 6) is -4.11. The molecule has 4 heteroatoms. The fraction of sp³-hybridized carbons (Fsp3) is 0.167. The summed E-state index contributed by atoms with van der Waals surface area (Å²) in [6.45, 7) is 0. The van der Waals surface area contributed by atoms with E-state index < -0.39 is 17.9 Å². The van der Waals surface area contributed by atoms with Crippen molar-refractivity contribution in [2.75, 3.05) is 0 Å². The smallest absolute Gasteiger partial charge is 0.203 e. The third-order valence-corrected chi connectivity index (χ3v) is 2.42. The monoisotopic (exact) mass is 228 g/mol. The standard InChI is InChI=1S/C12H8F4/c13-11(14)12(15,16)10-7-3-5-8-4-1-2-6-9(8)10/h1-7,11H. The van der Waals surface area contributed by atoms with Gasteiger partial charge in [-0.2, -0.15) is 8.78 Å². The highest BCUT2D eigenvalue weighted by Gasteiger charge is 2.43. The Hall–Kier alpha value is -1.58. The second kappa shape index (κ2) is 3.77. The lowest BCUT2D eigenvalue weighted by atomic mass is 10.00. The molecule has 0 saturated heterocycles. The summed E-state index contributed by atoms with van der Waals surface area (Å²) in [7, 11) is 0. The number of benzene rings is 2. The van der Waals surface area contributed by atoms with Gasteiger partial charge in [-0.25, -0.2) is 8.78 Å². The average molecular weight is 228 g/mol. The number of rotatable bonds is 2. The van der Waals surface area contributed by atoms with E-state index in [4.69, 9.17) is 0 Å². The topological polar surface area (TPSA) is 0 Å². The summed E-state index contributed by atoms with van der Waals surface area (Å²) in [5, 5.41) is 0.690. The largest absolute Gasteiger partial charge is 0.333 e. The van der Waals surface area contributed by atoms with E-state index in [9.17, 15) is 17.6 Å². The molecule has 0 aliphatic heterocycles. The molecular formula is C12H8F4. The third kappa shape index (κ3) is 1.64. The molecule has 0 amide bonds. The highest BCUT2D eigenvalue weighted by molar-refractivity contribution is 5.86. The maximum Gasteiger partial charge on any atom is 0.333 e. The number of alkyl halides is 4. The van der Waals surface area contributed by atoms with Crippen LogP contribution in [-0.4, -0.2) is 6.43 Å². The van der Waals surface area contributed by atoms with Gasteiger partial charge in [0.05, 0.1) is 0 Å². The van der Waals surface area contributed by atoms with Gasteiger partial charge in [0.25, 0.3) is 0 Å². The molecule has 2 aromatic carbocycles. The maximum absolute atomic E-state index is 13.3. The maximum atomic E-state index is 13.3. The lowest BCUT2D eigenvalue weighted by molar-refractivity contribution is -0.134. The van der Waals surface area contributed by atoms with Crippen molar-refractivity contribution in [3.63, 3.8) is 0 Å². The van der Waals surface area contributed by atoms with E-state index >= 15 is 0 Å². The first-order valence-electron chi connectivity index (χ1n) is 4.67. The molecule has 0 N–H and O–H groups in total. The van der Waals surface area contributed by atoms with Gasteiger partial charge in [-0.1, -0.05) is 42.5 Å². The highest BCUT2D eigenvalue weighted by atomic mass is 19.3. The van der Waals surface area contributed by atoms with Crippen LogP contribution in [0.5, 0.6) is 0 Å². The summed E-state index contributed by atoms with van der Waals surface area (Å²) in [6, 6.07) is 10.3. The quantitative estimate of drug-likeness (QED) is 0.676. The molecule has 0 nitrogen and oxygen atoms in total. The minimum atomic E-state index is -4.11. The van der Waals surface area contributed by atoms with E-state index in [-0.39, 0.29) is 5.39 Å². The van der Waals surface area contributed by atoms with Gasteiger partial charge in [0.15, 0.2) is 0 Å². The second-order valence-corrected chi connectivity index (χ2v) is 3.45. The van der Waals surface area contributed by atoms with Gasteiger partial charge in [-0.3, -0.25) is 0 Å². The molecule has 0 heterocycles. The van der Waals surface area contributed by atoms with Gasteiger partial charge >= 0.3 is 12.3 Å². The summed E-state index contributed by atoms with van der Waals surface area (Å²) in [5.41, 5.74) is -0.624. The first-order chi connectivity index (χ1) is 7.53. The zero-order chi connectivity index (χ0) is 11.8. The average Bonchev–Trinajstić information content (AvgIpc) is 2.28. The van der Waals surface area contributed by atoms with Crippen molar-refractivity contribution >= 4 is 10.8 Å². The van der Waals surface area contributed by atoms with E-state index in [0.29, 0.717) is 5.39 Å². The van der Waals surface area contributed by atoms with Crippen molar-refractivity contribution in [2.24, 2.45) is 0 Å². The SMILES string of the molecule is FC(F)C(F)(F)c1cccc2ccccc12. The predicted octanol–water partition coefficient (Wildman–Crippen LogP) is 4.20. The molecule has 0 fully saturated rings. The molecule has 2 aromatic rings. The summed E-state index contributed by atoms with van der Waals surface area (Å²) in [4.78, 5) is 0. The molecule has 0 saturated carbocycles. The van der Waals surface area contributed by atoms with Crippen LogP contribution in [0.1, 0.15) is 5.56 Å². The zero-order valence-corrected chi connectivity index (χ0v) is 8.13. The first-order valence-corrected chi connectivity index (χ1v) is 4.67.